The highest BCUT2D eigenvalue weighted by Gasteiger charge is 2.47. The molecule has 0 aliphatic carbocycles. The third-order valence-corrected chi connectivity index (χ3v) is 15.4. The first-order valence-corrected chi connectivity index (χ1v) is 17.9. The molecule has 0 radical (unpaired) electrons. The van der Waals surface area contributed by atoms with E-state index in [0.29, 0.717) is 27.8 Å². The molecular formula is C36H41FO5SSi. The number of phenolic OH excluding ortho intramolecular Hbond substituents is 2. The van der Waals surface area contributed by atoms with Crippen molar-refractivity contribution in [3.8, 4) is 23.0 Å². The van der Waals surface area contributed by atoms with Gasteiger partial charge < -0.3 is 19.4 Å². The van der Waals surface area contributed by atoms with Crippen LogP contribution in [0.4, 0.5) is 4.39 Å². The Kier molecular flexibility index (Phi) is 10.8. The summed E-state index contributed by atoms with van der Waals surface area (Å²) < 4.78 is 28.0. The second kappa shape index (κ2) is 14.4. The minimum Gasteiger partial charge on any atom is -0.543 e. The van der Waals surface area contributed by atoms with E-state index in [1.165, 1.54) is 36.4 Å². The smallest absolute Gasteiger partial charge is 0.258 e. The molecule has 44 heavy (non-hydrogen) atoms. The average Bonchev–Trinajstić information content (AvgIpc) is 2.99. The summed E-state index contributed by atoms with van der Waals surface area (Å²) in [5.41, 5.74) is 3.09. The van der Waals surface area contributed by atoms with E-state index < -0.39 is 19.4 Å². The normalized spacial score (nSPS) is 12.5. The number of halogens is 1. The monoisotopic (exact) mass is 632 g/mol. The molecule has 0 spiro atoms. The number of aromatic hydroxyl groups is 2. The van der Waals surface area contributed by atoms with Crippen molar-refractivity contribution in [3.63, 3.8) is 0 Å². The Hall–Kier alpha value is -3.75. The van der Waals surface area contributed by atoms with Gasteiger partial charge in [-0.3, -0.25) is 4.79 Å². The Balaban J connectivity index is 1.65. The number of carbonyl (C=O) groups is 1. The molecule has 0 aliphatic heterocycles. The Bertz CT molecular complexity index is 1490. The zero-order valence-corrected chi connectivity index (χ0v) is 27.9. The number of phenols is 2. The topological polar surface area (TPSA) is 76.0 Å². The van der Waals surface area contributed by atoms with Crippen molar-refractivity contribution >= 4 is 25.9 Å². The number of rotatable bonds is 13. The molecule has 4 aromatic rings. The number of thioether (sulfide) groups is 1. The molecule has 4 rings (SSSR count). The van der Waals surface area contributed by atoms with E-state index >= 15 is 4.39 Å². The lowest BCUT2D eigenvalue weighted by Gasteiger charge is -2.42. The van der Waals surface area contributed by atoms with Gasteiger partial charge in [0, 0.05) is 17.7 Å². The first-order chi connectivity index (χ1) is 20.9. The van der Waals surface area contributed by atoms with Crippen LogP contribution in [0, 0.1) is 5.82 Å². The molecule has 5 nitrogen and oxygen atoms in total. The fourth-order valence-electron chi connectivity index (χ4n) is 5.93. The summed E-state index contributed by atoms with van der Waals surface area (Å²) in [5.74, 6) is -0.334. The maximum atomic E-state index is 15.5. The van der Waals surface area contributed by atoms with E-state index in [0.717, 1.165) is 23.1 Å². The average molecular weight is 633 g/mol. The van der Waals surface area contributed by atoms with Gasteiger partial charge in [-0.15, -0.1) is 11.8 Å². The van der Waals surface area contributed by atoms with E-state index in [-0.39, 0.29) is 34.5 Å². The molecule has 0 aromatic heterocycles. The van der Waals surface area contributed by atoms with Crippen LogP contribution in [0.5, 0.6) is 23.0 Å². The van der Waals surface area contributed by atoms with Gasteiger partial charge in [0.1, 0.15) is 35.4 Å². The van der Waals surface area contributed by atoms with Crippen molar-refractivity contribution in [2.24, 2.45) is 0 Å². The molecule has 0 heterocycles. The lowest BCUT2D eigenvalue weighted by Crippen LogP contribution is -2.50. The van der Waals surface area contributed by atoms with Gasteiger partial charge in [0.15, 0.2) is 5.78 Å². The van der Waals surface area contributed by atoms with Crippen molar-refractivity contribution in [3.05, 3.63) is 114 Å². The van der Waals surface area contributed by atoms with E-state index in [4.69, 9.17) is 9.16 Å². The summed E-state index contributed by atoms with van der Waals surface area (Å²) in [6, 6.07) is 25.4. The van der Waals surface area contributed by atoms with Crippen LogP contribution in [-0.4, -0.2) is 24.3 Å². The zero-order chi connectivity index (χ0) is 32.0. The quantitative estimate of drug-likeness (QED) is 0.0868. The van der Waals surface area contributed by atoms with Gasteiger partial charge in [-0.1, -0.05) is 84.0 Å². The Morgan fingerprint density at radius 1 is 0.795 bits per heavy atom. The summed E-state index contributed by atoms with van der Waals surface area (Å²) in [6.07, 6.45) is 0. The number of hydrogen-bond donors (Lipinski definition) is 2. The third kappa shape index (κ3) is 7.48. The second-order valence-corrected chi connectivity index (χ2v) is 18.4. The van der Waals surface area contributed by atoms with Crippen LogP contribution in [0.25, 0.3) is 0 Å². The molecule has 1 unspecified atom stereocenters. The first-order valence-electron chi connectivity index (χ1n) is 14.9. The number of ketones is 1. The lowest BCUT2D eigenvalue weighted by molar-refractivity contribution is 0.0989. The van der Waals surface area contributed by atoms with Gasteiger partial charge >= 0.3 is 0 Å². The highest BCUT2D eigenvalue weighted by atomic mass is 32.2. The fourth-order valence-corrected chi connectivity index (χ4v) is 12.3. The maximum Gasteiger partial charge on any atom is 0.258 e. The van der Waals surface area contributed by atoms with Crippen molar-refractivity contribution in [1.29, 1.82) is 0 Å². The first kappa shape index (κ1) is 33.1. The number of Topliss-reactive ketones (excluding diaryl/α,β-unsaturated/α-hetero) is 1. The van der Waals surface area contributed by atoms with Crippen LogP contribution in [0.1, 0.15) is 68.3 Å². The highest BCUT2D eigenvalue weighted by Crippen LogP contribution is 2.46. The van der Waals surface area contributed by atoms with Gasteiger partial charge in [0.2, 0.25) is 0 Å². The van der Waals surface area contributed by atoms with Crippen LogP contribution in [0.3, 0.4) is 0 Å². The highest BCUT2D eigenvalue weighted by molar-refractivity contribution is 8.00. The predicted molar refractivity (Wildman–Crippen MR) is 178 cm³/mol. The van der Waals surface area contributed by atoms with Gasteiger partial charge in [-0.25, -0.2) is 4.39 Å². The number of hydrogen-bond acceptors (Lipinski definition) is 6. The summed E-state index contributed by atoms with van der Waals surface area (Å²) in [6.45, 7) is 13.6. The van der Waals surface area contributed by atoms with Crippen molar-refractivity contribution in [2.75, 3.05) is 0 Å². The molecule has 0 saturated heterocycles. The van der Waals surface area contributed by atoms with Gasteiger partial charge in [0.05, 0.1) is 10.1 Å². The molecule has 4 aromatic carbocycles. The molecule has 1 atom stereocenters. The number of ether oxygens (including phenoxy) is 1. The van der Waals surface area contributed by atoms with E-state index in [9.17, 15) is 15.0 Å². The molecular weight excluding hydrogens is 592 g/mol. The summed E-state index contributed by atoms with van der Waals surface area (Å²) in [5, 5.41) is 19.8. The van der Waals surface area contributed by atoms with Crippen LogP contribution in [0.15, 0.2) is 95.9 Å². The molecule has 0 fully saturated rings. The Morgan fingerprint density at radius 3 is 1.93 bits per heavy atom. The van der Waals surface area contributed by atoms with Crippen LogP contribution in [-0.2, 0) is 6.61 Å². The molecule has 2 N–H and O–H groups in total. The molecule has 232 valence electrons. The Morgan fingerprint density at radius 2 is 1.39 bits per heavy atom. The van der Waals surface area contributed by atoms with Crippen LogP contribution < -0.4 is 9.16 Å². The van der Waals surface area contributed by atoms with Gasteiger partial charge in [-0.05, 0) is 64.1 Å². The zero-order valence-electron chi connectivity index (χ0n) is 26.1. The Labute approximate surface area is 265 Å². The standard InChI is InChI=1S/C36H41FO5SSi/c1-23(2)44(24(3)4,25(5)6)42-30-18-14-28(15-19-30)35(34(40)27-12-16-29(38)17-13-27)43-36-32(37)20-31(21-33(36)39)41-22-26-10-8-7-9-11-26/h7-21,23-25,35,38-39H,22H2,1-6H3. The minimum atomic E-state index is -2.19. The molecule has 0 amide bonds. The summed E-state index contributed by atoms with van der Waals surface area (Å²) >= 11 is 0.934. The largest absolute Gasteiger partial charge is 0.543 e. The SMILES string of the molecule is CC(C)[Si](Oc1ccc(C(Sc2c(O)cc(OCc3ccccc3)cc2F)C(=O)c2ccc(O)cc2)cc1)(C(C)C)C(C)C. The molecule has 0 bridgehead atoms. The summed E-state index contributed by atoms with van der Waals surface area (Å²) in [4.78, 5) is 13.8. The van der Waals surface area contributed by atoms with E-state index in [1.807, 2.05) is 54.6 Å². The van der Waals surface area contributed by atoms with Crippen molar-refractivity contribution in [2.45, 2.75) is 74.9 Å². The molecule has 0 aliphatic rings. The summed E-state index contributed by atoms with van der Waals surface area (Å²) in [7, 11) is -2.19. The number of benzene rings is 4. The van der Waals surface area contributed by atoms with Gasteiger partial charge in [0.25, 0.3) is 8.32 Å². The predicted octanol–water partition coefficient (Wildman–Crippen LogP) is 10.1. The third-order valence-electron chi connectivity index (χ3n) is 8.06. The van der Waals surface area contributed by atoms with Crippen LogP contribution in [0.2, 0.25) is 16.6 Å². The van der Waals surface area contributed by atoms with Crippen molar-refractivity contribution in [1.82, 2.24) is 0 Å². The lowest BCUT2D eigenvalue weighted by atomic mass is 10.0. The van der Waals surface area contributed by atoms with Gasteiger partial charge in [-0.2, -0.15) is 0 Å². The molecule has 8 heteroatoms. The fraction of sp³-hybridized carbons (Fsp3) is 0.306. The second-order valence-electron chi connectivity index (χ2n) is 11.9. The van der Waals surface area contributed by atoms with Crippen molar-refractivity contribution < 1.29 is 28.6 Å². The number of carbonyl (C=O) groups excluding carboxylic acids is 1. The maximum absolute atomic E-state index is 15.5. The molecule has 0 saturated carbocycles. The van der Waals surface area contributed by atoms with E-state index in [1.54, 1.807) is 0 Å². The minimum absolute atomic E-state index is 0.0372. The van der Waals surface area contributed by atoms with E-state index in [2.05, 4.69) is 41.5 Å². The van der Waals surface area contributed by atoms with Crippen LogP contribution >= 0.6 is 11.8 Å².